The highest BCUT2D eigenvalue weighted by molar-refractivity contribution is 7.89. The fourth-order valence-electron chi connectivity index (χ4n) is 2.03. The molecule has 1 saturated heterocycles. The molecular formula is C12H17ClN2O3S. The first-order valence-corrected chi connectivity index (χ1v) is 7.82. The van der Waals surface area contributed by atoms with Gasteiger partial charge in [0.15, 0.2) is 0 Å². The Labute approximate surface area is 118 Å². The van der Waals surface area contributed by atoms with Crippen LogP contribution < -0.4 is 5.73 Å². The molecule has 1 aliphatic heterocycles. The van der Waals surface area contributed by atoms with Gasteiger partial charge in [0, 0.05) is 12.6 Å². The summed E-state index contributed by atoms with van der Waals surface area (Å²) in [6.07, 6.45) is -0.115. The highest BCUT2D eigenvalue weighted by Gasteiger charge is 2.34. The third-order valence-electron chi connectivity index (χ3n) is 3.12. The summed E-state index contributed by atoms with van der Waals surface area (Å²) in [6.45, 7) is 4.41. The maximum absolute atomic E-state index is 12.6. The Morgan fingerprint density at radius 3 is 2.74 bits per heavy atom. The molecule has 1 aliphatic rings. The number of rotatable bonds is 2. The Bertz CT molecular complexity index is 576. The van der Waals surface area contributed by atoms with Crippen LogP contribution in [-0.2, 0) is 14.8 Å². The van der Waals surface area contributed by atoms with E-state index in [-0.39, 0.29) is 22.7 Å². The van der Waals surface area contributed by atoms with Gasteiger partial charge in [0.1, 0.15) is 0 Å². The van der Waals surface area contributed by atoms with Crippen molar-refractivity contribution in [1.29, 1.82) is 0 Å². The lowest BCUT2D eigenvalue weighted by molar-refractivity contribution is -0.0170. The number of halogens is 1. The molecule has 0 amide bonds. The number of ether oxygens (including phenoxy) is 1. The van der Waals surface area contributed by atoms with Gasteiger partial charge in [0.2, 0.25) is 10.0 Å². The third-order valence-corrected chi connectivity index (χ3v) is 5.44. The topological polar surface area (TPSA) is 72.6 Å². The van der Waals surface area contributed by atoms with E-state index in [2.05, 4.69) is 0 Å². The molecule has 5 nitrogen and oxygen atoms in total. The van der Waals surface area contributed by atoms with E-state index in [1.165, 1.54) is 22.5 Å². The number of nitrogen functional groups attached to an aromatic ring is 1. The lowest BCUT2D eigenvalue weighted by atomic mass is 10.2. The fraction of sp³-hybridized carbons (Fsp3) is 0.500. The van der Waals surface area contributed by atoms with Gasteiger partial charge in [-0.15, -0.1) is 0 Å². The maximum atomic E-state index is 12.6. The van der Waals surface area contributed by atoms with Gasteiger partial charge in [-0.2, -0.15) is 4.31 Å². The van der Waals surface area contributed by atoms with Crippen LogP contribution in [-0.4, -0.2) is 38.0 Å². The number of hydrogen-bond acceptors (Lipinski definition) is 4. The van der Waals surface area contributed by atoms with Gasteiger partial charge in [0.25, 0.3) is 0 Å². The largest absolute Gasteiger partial charge is 0.397 e. The quantitative estimate of drug-likeness (QED) is 0.844. The molecule has 2 rings (SSSR count). The summed E-state index contributed by atoms with van der Waals surface area (Å²) < 4.78 is 32.0. The van der Waals surface area contributed by atoms with Crippen LogP contribution in [0, 0.1) is 0 Å². The van der Waals surface area contributed by atoms with Crippen LogP contribution in [0.1, 0.15) is 13.8 Å². The fourth-order valence-corrected chi connectivity index (χ4v) is 3.87. The summed E-state index contributed by atoms with van der Waals surface area (Å²) in [4.78, 5) is 0.162. The van der Waals surface area contributed by atoms with Crippen molar-refractivity contribution in [2.75, 3.05) is 18.9 Å². The molecule has 2 unspecified atom stereocenters. The van der Waals surface area contributed by atoms with Crippen LogP contribution in [0.15, 0.2) is 23.1 Å². The predicted octanol–water partition coefficient (Wildman–Crippen LogP) is 1.72. The van der Waals surface area contributed by atoms with Crippen molar-refractivity contribution >= 4 is 27.3 Å². The zero-order valence-corrected chi connectivity index (χ0v) is 12.4. The van der Waals surface area contributed by atoms with Crippen molar-refractivity contribution in [3.8, 4) is 0 Å². The monoisotopic (exact) mass is 304 g/mol. The van der Waals surface area contributed by atoms with Gasteiger partial charge >= 0.3 is 0 Å². The van der Waals surface area contributed by atoms with Crippen LogP contribution in [0.25, 0.3) is 0 Å². The Balaban J connectivity index is 2.38. The van der Waals surface area contributed by atoms with Gasteiger partial charge < -0.3 is 10.5 Å². The molecular weight excluding hydrogens is 288 g/mol. The first-order chi connectivity index (χ1) is 8.82. The zero-order chi connectivity index (χ0) is 14.2. The summed E-state index contributed by atoms with van der Waals surface area (Å²) in [5.74, 6) is 0. The molecule has 0 aliphatic carbocycles. The van der Waals surface area contributed by atoms with E-state index in [9.17, 15) is 8.42 Å². The number of anilines is 1. The van der Waals surface area contributed by atoms with Gasteiger partial charge in [0.05, 0.1) is 28.3 Å². The van der Waals surface area contributed by atoms with Gasteiger partial charge in [-0.1, -0.05) is 11.6 Å². The maximum Gasteiger partial charge on any atom is 0.243 e. The van der Waals surface area contributed by atoms with Gasteiger partial charge in [-0.05, 0) is 32.0 Å². The standard InChI is InChI=1S/C12H17ClN2O3S/c1-8-7-18-9(2)6-15(8)19(16,17)10-3-4-11(13)12(14)5-10/h3-5,8-9H,6-7,14H2,1-2H3. The Kier molecular flexibility index (Phi) is 4.06. The van der Waals surface area contributed by atoms with Crippen LogP contribution in [0.4, 0.5) is 5.69 Å². The molecule has 106 valence electrons. The molecule has 1 fully saturated rings. The second-order valence-electron chi connectivity index (χ2n) is 4.75. The summed E-state index contributed by atoms with van der Waals surface area (Å²) >= 11 is 5.81. The van der Waals surface area contributed by atoms with E-state index in [1.54, 1.807) is 0 Å². The Morgan fingerprint density at radius 2 is 2.11 bits per heavy atom. The van der Waals surface area contributed by atoms with E-state index >= 15 is 0 Å². The molecule has 0 saturated carbocycles. The SMILES string of the molecule is CC1CN(S(=O)(=O)c2ccc(Cl)c(N)c2)C(C)CO1. The molecule has 0 aromatic heterocycles. The highest BCUT2D eigenvalue weighted by Crippen LogP contribution is 2.27. The number of hydrogen-bond donors (Lipinski definition) is 1. The minimum absolute atomic E-state index is 0.115. The van der Waals surface area contributed by atoms with E-state index in [0.717, 1.165) is 0 Å². The lowest BCUT2D eigenvalue weighted by Crippen LogP contribution is -2.50. The third kappa shape index (κ3) is 2.86. The summed E-state index contributed by atoms with van der Waals surface area (Å²) in [5.41, 5.74) is 5.93. The van der Waals surface area contributed by atoms with Crippen LogP contribution in [0.2, 0.25) is 5.02 Å². The van der Waals surface area contributed by atoms with Crippen LogP contribution in [0.5, 0.6) is 0 Å². The van der Waals surface area contributed by atoms with E-state index < -0.39 is 10.0 Å². The molecule has 7 heteroatoms. The molecule has 2 N–H and O–H groups in total. The number of benzene rings is 1. The van der Waals surface area contributed by atoms with Gasteiger partial charge in [-0.25, -0.2) is 8.42 Å². The van der Waals surface area contributed by atoms with E-state index in [0.29, 0.717) is 18.2 Å². The molecule has 19 heavy (non-hydrogen) atoms. The highest BCUT2D eigenvalue weighted by atomic mass is 35.5. The second kappa shape index (κ2) is 5.28. The number of sulfonamides is 1. The smallest absolute Gasteiger partial charge is 0.243 e. The summed E-state index contributed by atoms with van der Waals surface area (Å²) in [6, 6.07) is 4.17. The van der Waals surface area contributed by atoms with Crippen molar-refractivity contribution in [2.45, 2.75) is 30.9 Å². The second-order valence-corrected chi connectivity index (χ2v) is 7.05. The van der Waals surface area contributed by atoms with Crippen molar-refractivity contribution < 1.29 is 13.2 Å². The molecule has 1 aromatic rings. The predicted molar refractivity (Wildman–Crippen MR) is 74.6 cm³/mol. The first kappa shape index (κ1) is 14.6. The van der Waals surface area contributed by atoms with Crippen molar-refractivity contribution in [1.82, 2.24) is 4.31 Å². The first-order valence-electron chi connectivity index (χ1n) is 6.01. The average Bonchev–Trinajstić information content (AvgIpc) is 2.35. The Hall–Kier alpha value is -0.820. The van der Waals surface area contributed by atoms with Crippen molar-refractivity contribution in [3.05, 3.63) is 23.2 Å². The number of nitrogens with two attached hydrogens (primary N) is 1. The average molecular weight is 305 g/mol. The van der Waals surface area contributed by atoms with Gasteiger partial charge in [-0.3, -0.25) is 0 Å². The zero-order valence-electron chi connectivity index (χ0n) is 10.8. The minimum Gasteiger partial charge on any atom is -0.397 e. The van der Waals surface area contributed by atoms with E-state index in [4.69, 9.17) is 22.1 Å². The lowest BCUT2D eigenvalue weighted by Gasteiger charge is -2.35. The molecule has 0 radical (unpaired) electrons. The van der Waals surface area contributed by atoms with E-state index in [1.807, 2.05) is 13.8 Å². The molecule has 0 bridgehead atoms. The van der Waals surface area contributed by atoms with Crippen molar-refractivity contribution in [2.24, 2.45) is 0 Å². The van der Waals surface area contributed by atoms with Crippen LogP contribution in [0.3, 0.4) is 0 Å². The minimum atomic E-state index is -3.57. The molecule has 1 aromatic carbocycles. The van der Waals surface area contributed by atoms with Crippen molar-refractivity contribution in [3.63, 3.8) is 0 Å². The number of nitrogens with zero attached hydrogens (tertiary/aromatic N) is 1. The normalized spacial score (nSPS) is 25.4. The van der Waals surface area contributed by atoms with Crippen LogP contribution >= 0.6 is 11.6 Å². The Morgan fingerprint density at radius 1 is 1.42 bits per heavy atom. The summed E-state index contributed by atoms with van der Waals surface area (Å²) in [7, 11) is -3.57. The number of morpholine rings is 1. The molecule has 1 heterocycles. The summed E-state index contributed by atoms with van der Waals surface area (Å²) in [5, 5.41) is 0.349. The molecule has 2 atom stereocenters. The molecule has 0 spiro atoms.